The number of nitrogens with one attached hydrogen (secondary N) is 1. The number of benzene rings is 1. The maximum atomic E-state index is 12.9. The van der Waals surface area contributed by atoms with Crippen LogP contribution in [0.5, 0.6) is 0 Å². The molecule has 0 atom stereocenters. The molecule has 102 valence electrons. The van der Waals surface area contributed by atoms with Gasteiger partial charge in [0, 0.05) is 17.1 Å². The van der Waals surface area contributed by atoms with Crippen molar-refractivity contribution in [1.29, 1.82) is 5.41 Å². The topological polar surface area (TPSA) is 44.1 Å². The van der Waals surface area contributed by atoms with E-state index in [1.165, 1.54) is 25.1 Å². The first-order valence-electron chi connectivity index (χ1n) is 5.97. The molecule has 2 rings (SSSR count). The van der Waals surface area contributed by atoms with Crippen LogP contribution in [-0.2, 0) is 6.18 Å². The largest absolute Gasteiger partial charge is 0.512 e. The molecule has 0 saturated heterocycles. The molecule has 1 aromatic rings. The van der Waals surface area contributed by atoms with Crippen molar-refractivity contribution in [2.24, 2.45) is 5.92 Å². The maximum Gasteiger partial charge on any atom is 0.417 e. The molecule has 5 heteroatoms. The summed E-state index contributed by atoms with van der Waals surface area (Å²) in [5.41, 5.74) is -1.08. The van der Waals surface area contributed by atoms with Crippen LogP contribution >= 0.6 is 0 Å². The van der Waals surface area contributed by atoms with Gasteiger partial charge >= 0.3 is 6.18 Å². The number of hydrogen-bond acceptors (Lipinski definition) is 2. The van der Waals surface area contributed by atoms with Crippen LogP contribution in [0.25, 0.3) is 0 Å². The molecule has 0 amide bonds. The third-order valence-electron chi connectivity index (χ3n) is 3.23. The zero-order valence-electron chi connectivity index (χ0n) is 10.4. The van der Waals surface area contributed by atoms with Crippen LogP contribution in [0.4, 0.5) is 13.2 Å². The van der Waals surface area contributed by atoms with E-state index in [1.807, 2.05) is 0 Å². The monoisotopic (exact) mass is 269 g/mol. The molecule has 1 aromatic carbocycles. The molecule has 1 fully saturated rings. The molecule has 0 aliphatic heterocycles. The summed E-state index contributed by atoms with van der Waals surface area (Å²) in [6.45, 7) is 1.49. The molecular weight excluding hydrogens is 255 g/mol. The van der Waals surface area contributed by atoms with E-state index in [2.05, 4.69) is 0 Å². The van der Waals surface area contributed by atoms with E-state index < -0.39 is 11.7 Å². The third-order valence-corrected chi connectivity index (χ3v) is 3.23. The SMILES string of the molecule is C/C(C(=N)c1ccccc1C(F)(F)F)=C(/O)C1CC1. The van der Waals surface area contributed by atoms with Gasteiger partial charge in [0.15, 0.2) is 0 Å². The Morgan fingerprint density at radius 3 is 2.37 bits per heavy atom. The minimum atomic E-state index is -4.50. The van der Waals surface area contributed by atoms with Crippen LogP contribution in [0.2, 0.25) is 0 Å². The summed E-state index contributed by atoms with van der Waals surface area (Å²) in [4.78, 5) is 0. The van der Waals surface area contributed by atoms with Gasteiger partial charge in [-0.15, -0.1) is 0 Å². The lowest BCUT2D eigenvalue weighted by Crippen LogP contribution is -2.14. The van der Waals surface area contributed by atoms with Gasteiger partial charge in [-0.1, -0.05) is 18.2 Å². The Hall–Kier alpha value is -1.78. The average molecular weight is 269 g/mol. The molecular formula is C14H14F3NO. The highest BCUT2D eigenvalue weighted by atomic mass is 19.4. The van der Waals surface area contributed by atoms with Gasteiger partial charge in [-0.2, -0.15) is 13.2 Å². The number of allylic oxidation sites excluding steroid dienone is 2. The maximum absolute atomic E-state index is 12.9. The Bertz CT molecular complexity index is 542. The van der Waals surface area contributed by atoms with Gasteiger partial charge in [0.2, 0.25) is 0 Å². The Labute approximate surface area is 109 Å². The van der Waals surface area contributed by atoms with Crippen LogP contribution in [0, 0.1) is 11.3 Å². The fraction of sp³-hybridized carbons (Fsp3) is 0.357. The second-order valence-electron chi connectivity index (χ2n) is 4.70. The highest BCUT2D eigenvalue weighted by Crippen LogP contribution is 2.38. The Kier molecular flexibility index (Phi) is 3.39. The predicted octanol–water partition coefficient (Wildman–Crippen LogP) is 4.32. The van der Waals surface area contributed by atoms with Crippen molar-refractivity contribution < 1.29 is 18.3 Å². The molecule has 1 aliphatic rings. The Balaban J connectivity index is 2.42. The van der Waals surface area contributed by atoms with Gasteiger partial charge in [-0.25, -0.2) is 0 Å². The van der Waals surface area contributed by atoms with Crippen LogP contribution in [-0.4, -0.2) is 10.8 Å². The molecule has 0 radical (unpaired) electrons. The Morgan fingerprint density at radius 2 is 1.84 bits per heavy atom. The summed E-state index contributed by atoms with van der Waals surface area (Å²) in [6, 6.07) is 4.96. The van der Waals surface area contributed by atoms with E-state index in [9.17, 15) is 18.3 Å². The molecule has 1 aliphatic carbocycles. The smallest absolute Gasteiger partial charge is 0.417 e. The van der Waals surface area contributed by atoms with Crippen LogP contribution < -0.4 is 0 Å². The fourth-order valence-corrected chi connectivity index (χ4v) is 1.94. The number of aliphatic hydroxyl groups is 1. The van der Waals surface area contributed by atoms with E-state index in [-0.39, 0.29) is 28.5 Å². The summed E-state index contributed by atoms with van der Waals surface area (Å²) in [5.74, 6) is 0.0559. The molecule has 0 bridgehead atoms. The van der Waals surface area contributed by atoms with Crippen molar-refractivity contribution in [3.05, 3.63) is 46.7 Å². The minimum Gasteiger partial charge on any atom is -0.512 e. The van der Waals surface area contributed by atoms with Crippen LogP contribution in [0.3, 0.4) is 0 Å². The fourth-order valence-electron chi connectivity index (χ4n) is 1.94. The summed E-state index contributed by atoms with van der Waals surface area (Å²) >= 11 is 0. The van der Waals surface area contributed by atoms with Gasteiger partial charge in [0.05, 0.1) is 11.3 Å². The average Bonchev–Trinajstić information content (AvgIpc) is 3.19. The molecule has 2 N–H and O–H groups in total. The molecule has 0 unspecified atom stereocenters. The highest BCUT2D eigenvalue weighted by molar-refractivity contribution is 6.11. The third kappa shape index (κ3) is 2.80. The number of aliphatic hydroxyl groups excluding tert-OH is 1. The zero-order valence-corrected chi connectivity index (χ0v) is 10.4. The zero-order chi connectivity index (χ0) is 14.2. The summed E-state index contributed by atoms with van der Waals surface area (Å²) in [5, 5.41) is 17.7. The van der Waals surface area contributed by atoms with Crippen LogP contribution in [0.15, 0.2) is 35.6 Å². The standard InChI is InChI=1S/C14H14F3NO/c1-8(13(19)9-6-7-9)12(18)10-4-2-3-5-11(10)14(15,16)17/h2-5,9,18-19H,6-7H2,1H3/b13-8-,18-12?. The first-order valence-corrected chi connectivity index (χ1v) is 5.97. The lowest BCUT2D eigenvalue weighted by Gasteiger charge is -2.14. The van der Waals surface area contributed by atoms with E-state index in [0.29, 0.717) is 0 Å². The quantitative estimate of drug-likeness (QED) is 0.623. The van der Waals surface area contributed by atoms with Gasteiger partial charge in [-0.3, -0.25) is 5.41 Å². The molecule has 0 spiro atoms. The van der Waals surface area contributed by atoms with E-state index in [1.54, 1.807) is 0 Å². The summed E-state index contributed by atoms with van der Waals surface area (Å²) in [6.07, 6.45) is -2.84. The molecule has 0 heterocycles. The number of halogens is 3. The van der Waals surface area contributed by atoms with Crippen LogP contribution in [0.1, 0.15) is 30.9 Å². The van der Waals surface area contributed by atoms with Crippen molar-refractivity contribution in [3.63, 3.8) is 0 Å². The minimum absolute atomic E-state index is 0.0124. The van der Waals surface area contributed by atoms with Gasteiger partial charge in [0.1, 0.15) is 5.76 Å². The van der Waals surface area contributed by atoms with Crippen molar-refractivity contribution in [2.45, 2.75) is 25.9 Å². The van der Waals surface area contributed by atoms with Gasteiger partial charge < -0.3 is 5.11 Å². The molecule has 0 aromatic heterocycles. The lowest BCUT2D eigenvalue weighted by atomic mass is 9.96. The van der Waals surface area contributed by atoms with Gasteiger partial charge in [0.25, 0.3) is 0 Å². The van der Waals surface area contributed by atoms with E-state index in [0.717, 1.165) is 18.9 Å². The van der Waals surface area contributed by atoms with Crippen molar-refractivity contribution in [3.8, 4) is 0 Å². The number of alkyl halides is 3. The van der Waals surface area contributed by atoms with Crippen molar-refractivity contribution in [2.75, 3.05) is 0 Å². The number of rotatable bonds is 3. The highest BCUT2D eigenvalue weighted by Gasteiger charge is 2.35. The van der Waals surface area contributed by atoms with E-state index in [4.69, 9.17) is 5.41 Å². The molecule has 19 heavy (non-hydrogen) atoms. The second-order valence-corrected chi connectivity index (χ2v) is 4.70. The van der Waals surface area contributed by atoms with Gasteiger partial charge in [-0.05, 0) is 25.8 Å². The van der Waals surface area contributed by atoms with Crippen molar-refractivity contribution in [1.82, 2.24) is 0 Å². The van der Waals surface area contributed by atoms with E-state index >= 15 is 0 Å². The second kappa shape index (κ2) is 4.72. The Morgan fingerprint density at radius 1 is 1.26 bits per heavy atom. The molecule has 1 saturated carbocycles. The first-order chi connectivity index (χ1) is 8.82. The van der Waals surface area contributed by atoms with Crippen molar-refractivity contribution >= 4 is 5.71 Å². The number of hydrogen-bond donors (Lipinski definition) is 2. The lowest BCUT2D eigenvalue weighted by molar-refractivity contribution is -0.137. The first kappa shape index (κ1) is 13.6. The summed E-state index contributed by atoms with van der Waals surface area (Å²) < 4.78 is 38.6. The summed E-state index contributed by atoms with van der Waals surface area (Å²) in [7, 11) is 0. The normalized spacial score (nSPS) is 17.1. The molecule has 2 nitrogen and oxygen atoms in total. The predicted molar refractivity (Wildman–Crippen MR) is 66.3 cm³/mol.